The third kappa shape index (κ3) is 3.55. The van der Waals surface area contributed by atoms with Crippen LogP contribution < -0.4 is 15.0 Å². The minimum atomic E-state index is -0.116. The quantitative estimate of drug-likeness (QED) is 0.507. The van der Waals surface area contributed by atoms with E-state index in [1.807, 2.05) is 55.6 Å². The Balaban J connectivity index is 1.36. The summed E-state index contributed by atoms with van der Waals surface area (Å²) in [4.78, 5) is 35.0. The molecule has 2 aromatic heterocycles. The van der Waals surface area contributed by atoms with Crippen molar-refractivity contribution in [2.75, 3.05) is 23.9 Å². The first-order chi connectivity index (χ1) is 15.0. The normalized spacial score (nSPS) is 13.2. The van der Waals surface area contributed by atoms with Crippen molar-refractivity contribution in [3.8, 4) is 17.0 Å². The number of rotatable bonds is 4. The number of hydrogen-bond donors (Lipinski definition) is 2. The molecule has 0 atom stereocenters. The van der Waals surface area contributed by atoms with Crippen LogP contribution in [0, 0.1) is 6.92 Å². The van der Waals surface area contributed by atoms with Crippen molar-refractivity contribution in [1.82, 2.24) is 9.97 Å². The van der Waals surface area contributed by atoms with E-state index in [-0.39, 0.29) is 24.8 Å². The van der Waals surface area contributed by atoms with Gasteiger partial charge in [0.2, 0.25) is 5.91 Å². The molecule has 2 aromatic carbocycles. The molecule has 3 heterocycles. The zero-order valence-electron chi connectivity index (χ0n) is 17.1. The number of aryl methyl sites for hydroxylation is 1. The van der Waals surface area contributed by atoms with Crippen LogP contribution >= 0.6 is 11.3 Å². The van der Waals surface area contributed by atoms with Crippen LogP contribution in [0.2, 0.25) is 0 Å². The van der Waals surface area contributed by atoms with Crippen LogP contribution in [0.3, 0.4) is 0 Å². The highest BCUT2D eigenvalue weighted by atomic mass is 32.1. The van der Waals surface area contributed by atoms with E-state index in [0.29, 0.717) is 16.6 Å². The molecule has 0 radical (unpaired) electrons. The highest BCUT2D eigenvalue weighted by Crippen LogP contribution is 2.37. The van der Waals surface area contributed by atoms with Crippen molar-refractivity contribution in [3.05, 3.63) is 59.1 Å². The number of para-hydroxylation sites is 1. The molecule has 1 aliphatic rings. The largest absolute Gasteiger partial charge is 0.482 e. The third-order valence-corrected chi connectivity index (χ3v) is 6.27. The first-order valence-corrected chi connectivity index (χ1v) is 10.7. The molecule has 5 rings (SSSR count). The number of nitrogens with one attached hydrogen (secondary N) is 2. The van der Waals surface area contributed by atoms with Crippen molar-refractivity contribution in [2.45, 2.75) is 13.3 Å². The van der Waals surface area contributed by atoms with Crippen molar-refractivity contribution in [2.24, 2.45) is 0 Å². The molecule has 2 amide bonds. The maximum absolute atomic E-state index is 12.6. The average molecular weight is 433 g/mol. The maximum Gasteiger partial charge on any atom is 0.264 e. The Hall–Kier alpha value is -3.65. The van der Waals surface area contributed by atoms with Crippen LogP contribution in [0.1, 0.15) is 10.4 Å². The van der Waals surface area contributed by atoms with E-state index < -0.39 is 0 Å². The Morgan fingerprint density at radius 1 is 1.29 bits per heavy atom. The number of anilines is 2. The van der Waals surface area contributed by atoms with Gasteiger partial charge in [-0.15, -0.1) is 11.3 Å². The molecule has 0 fully saturated rings. The summed E-state index contributed by atoms with van der Waals surface area (Å²) in [6, 6.07) is 13.6. The van der Waals surface area contributed by atoms with E-state index in [1.165, 1.54) is 11.3 Å². The van der Waals surface area contributed by atoms with Gasteiger partial charge >= 0.3 is 0 Å². The molecule has 4 aromatic rings. The second-order valence-electron chi connectivity index (χ2n) is 7.43. The van der Waals surface area contributed by atoms with Crippen LogP contribution in [0.25, 0.3) is 22.2 Å². The first-order valence-electron chi connectivity index (χ1n) is 9.85. The number of likely N-dealkylation sites (N-methyl/N-ethyl adjacent to an activating group) is 1. The minimum absolute atomic E-state index is 0.0468. The van der Waals surface area contributed by atoms with Crippen LogP contribution in [0.15, 0.2) is 48.7 Å². The Kier molecular flexibility index (Phi) is 4.71. The molecular formula is C23H20N4O3S. The predicted octanol–water partition coefficient (Wildman–Crippen LogP) is 4.14. The van der Waals surface area contributed by atoms with Crippen LogP contribution in [0.4, 0.5) is 10.8 Å². The molecule has 0 bridgehead atoms. The molecule has 0 aliphatic carbocycles. The first kappa shape index (κ1) is 19.3. The molecule has 2 N–H and O–H groups in total. The van der Waals surface area contributed by atoms with Gasteiger partial charge in [-0.3, -0.25) is 9.59 Å². The number of ether oxygens (including phenoxy) is 1. The summed E-state index contributed by atoms with van der Waals surface area (Å²) in [5.74, 6) is 0.463. The van der Waals surface area contributed by atoms with Gasteiger partial charge in [-0.25, -0.2) is 4.98 Å². The number of H-pyrrole nitrogens is 1. The van der Waals surface area contributed by atoms with Crippen molar-refractivity contribution in [1.29, 1.82) is 0 Å². The second-order valence-corrected chi connectivity index (χ2v) is 8.64. The average Bonchev–Trinajstić information content (AvgIpc) is 3.34. The van der Waals surface area contributed by atoms with Gasteiger partial charge in [0.1, 0.15) is 5.75 Å². The highest BCUT2D eigenvalue weighted by molar-refractivity contribution is 7.16. The van der Waals surface area contributed by atoms with E-state index in [1.54, 1.807) is 11.9 Å². The Labute approximate surface area is 182 Å². The van der Waals surface area contributed by atoms with Crippen LogP contribution in [-0.2, 0) is 16.0 Å². The van der Waals surface area contributed by atoms with Gasteiger partial charge < -0.3 is 19.9 Å². The van der Waals surface area contributed by atoms with Gasteiger partial charge in [0.15, 0.2) is 11.7 Å². The van der Waals surface area contributed by atoms with Crippen molar-refractivity contribution < 1.29 is 14.3 Å². The van der Waals surface area contributed by atoms with Crippen molar-refractivity contribution in [3.63, 3.8) is 0 Å². The van der Waals surface area contributed by atoms with E-state index in [9.17, 15) is 9.59 Å². The van der Waals surface area contributed by atoms with E-state index >= 15 is 0 Å². The summed E-state index contributed by atoms with van der Waals surface area (Å²) >= 11 is 1.43. The molecule has 0 unspecified atom stereocenters. The fourth-order valence-corrected chi connectivity index (χ4v) is 4.60. The van der Waals surface area contributed by atoms with Gasteiger partial charge in [-0.2, -0.15) is 0 Å². The number of hydrogen-bond acceptors (Lipinski definition) is 5. The standard InChI is InChI=1S/C23H20N4O3S/c1-13-22(14-7-8-19-18(9-14)27(2)21(29)12-30-19)26-23(31-13)25-20(28)10-15-11-24-17-6-4-3-5-16(15)17/h3-9,11,24H,10,12H2,1-2H3,(H,25,26,28). The van der Waals surface area contributed by atoms with Gasteiger partial charge in [0.05, 0.1) is 17.8 Å². The molecule has 7 nitrogen and oxygen atoms in total. The fraction of sp³-hybridized carbons (Fsp3) is 0.174. The monoisotopic (exact) mass is 432 g/mol. The highest BCUT2D eigenvalue weighted by Gasteiger charge is 2.23. The molecule has 8 heteroatoms. The molecule has 0 saturated carbocycles. The van der Waals surface area contributed by atoms with Crippen LogP contribution in [0.5, 0.6) is 5.75 Å². The lowest BCUT2D eigenvalue weighted by Crippen LogP contribution is -2.35. The Bertz CT molecular complexity index is 1320. The predicted molar refractivity (Wildman–Crippen MR) is 122 cm³/mol. The number of aromatic nitrogens is 2. The van der Waals surface area contributed by atoms with E-state index in [0.717, 1.165) is 32.6 Å². The number of benzene rings is 2. The third-order valence-electron chi connectivity index (χ3n) is 5.39. The summed E-state index contributed by atoms with van der Waals surface area (Å²) in [6.07, 6.45) is 2.14. The van der Waals surface area contributed by atoms with Gasteiger partial charge in [0, 0.05) is 34.6 Å². The smallest absolute Gasteiger partial charge is 0.264 e. The number of fused-ring (bicyclic) bond motifs is 2. The summed E-state index contributed by atoms with van der Waals surface area (Å²) < 4.78 is 5.50. The number of thiazole rings is 1. The number of carbonyl (C=O) groups is 2. The van der Waals surface area contributed by atoms with E-state index in [2.05, 4.69) is 15.3 Å². The minimum Gasteiger partial charge on any atom is -0.482 e. The number of aromatic amines is 1. The summed E-state index contributed by atoms with van der Waals surface area (Å²) in [5, 5.41) is 4.52. The molecule has 0 spiro atoms. The van der Waals surface area contributed by atoms with Gasteiger partial charge in [-0.05, 0) is 36.8 Å². The fourth-order valence-electron chi connectivity index (χ4n) is 3.75. The van der Waals surface area contributed by atoms with Crippen molar-refractivity contribution >= 4 is 44.9 Å². The van der Waals surface area contributed by atoms with Gasteiger partial charge in [0.25, 0.3) is 5.91 Å². The molecule has 31 heavy (non-hydrogen) atoms. The lowest BCUT2D eigenvalue weighted by molar-refractivity contribution is -0.121. The van der Waals surface area contributed by atoms with E-state index in [4.69, 9.17) is 4.74 Å². The molecule has 0 saturated heterocycles. The lowest BCUT2D eigenvalue weighted by Gasteiger charge is -2.26. The number of amides is 2. The lowest BCUT2D eigenvalue weighted by atomic mass is 10.1. The maximum atomic E-state index is 12.6. The Morgan fingerprint density at radius 2 is 2.13 bits per heavy atom. The molecular weight excluding hydrogens is 412 g/mol. The summed E-state index contributed by atoms with van der Waals surface area (Å²) in [5.41, 5.74) is 4.32. The SMILES string of the molecule is Cc1sc(NC(=O)Cc2c[nH]c3ccccc23)nc1-c1ccc2c(c1)N(C)C(=O)CO2. The Morgan fingerprint density at radius 3 is 3.00 bits per heavy atom. The topological polar surface area (TPSA) is 87.3 Å². The molecule has 1 aliphatic heterocycles. The number of nitrogens with zero attached hydrogens (tertiary/aromatic N) is 2. The number of carbonyl (C=O) groups excluding carboxylic acids is 2. The summed E-state index contributed by atoms with van der Waals surface area (Å²) in [7, 11) is 1.73. The molecule has 156 valence electrons. The van der Waals surface area contributed by atoms with Gasteiger partial charge in [-0.1, -0.05) is 18.2 Å². The zero-order valence-corrected chi connectivity index (χ0v) is 17.9. The summed E-state index contributed by atoms with van der Waals surface area (Å²) in [6.45, 7) is 2.01. The second kappa shape index (κ2) is 7.55. The van der Waals surface area contributed by atoms with Crippen LogP contribution in [-0.4, -0.2) is 35.4 Å². The zero-order chi connectivity index (χ0) is 21.5.